The van der Waals surface area contributed by atoms with E-state index in [4.69, 9.17) is 5.73 Å². The largest absolute Gasteiger partial charge is 0.357 e. The van der Waals surface area contributed by atoms with Crippen LogP contribution in [0.3, 0.4) is 0 Å². The van der Waals surface area contributed by atoms with Crippen LogP contribution in [-0.4, -0.2) is 30.1 Å². The zero-order valence-corrected chi connectivity index (χ0v) is 7.49. The Morgan fingerprint density at radius 2 is 2.25 bits per heavy atom. The predicted octanol–water partition coefficient (Wildman–Crippen LogP) is 0.180. The number of anilines is 1. The molecule has 4 heteroatoms. The van der Waals surface area contributed by atoms with Crippen molar-refractivity contribution in [2.75, 3.05) is 25.0 Å². The smallest absolute Gasteiger partial charge is 0.147 e. The third kappa shape index (κ3) is 2.17. The summed E-state index contributed by atoms with van der Waals surface area (Å²) < 4.78 is 0. The maximum absolute atomic E-state index is 5.41. The van der Waals surface area contributed by atoms with Gasteiger partial charge < -0.3 is 10.6 Å². The van der Waals surface area contributed by atoms with E-state index >= 15 is 0 Å². The van der Waals surface area contributed by atoms with Gasteiger partial charge in [-0.1, -0.05) is 0 Å². The van der Waals surface area contributed by atoms with E-state index in [-0.39, 0.29) is 0 Å². The van der Waals surface area contributed by atoms with Crippen LogP contribution in [0.2, 0.25) is 0 Å². The summed E-state index contributed by atoms with van der Waals surface area (Å²) in [5.41, 5.74) is 6.34. The lowest BCUT2D eigenvalue weighted by Gasteiger charge is -2.16. The number of hydrogen-bond acceptors (Lipinski definition) is 4. The lowest BCUT2D eigenvalue weighted by Crippen LogP contribution is -2.25. The zero-order valence-electron chi connectivity index (χ0n) is 7.49. The van der Waals surface area contributed by atoms with Crippen LogP contribution in [0.5, 0.6) is 0 Å². The summed E-state index contributed by atoms with van der Waals surface area (Å²) in [7, 11) is 1.95. The van der Waals surface area contributed by atoms with Crippen molar-refractivity contribution in [3.8, 4) is 0 Å². The molecule has 0 atom stereocenters. The van der Waals surface area contributed by atoms with Gasteiger partial charge in [-0.05, 0) is 6.92 Å². The quantitative estimate of drug-likeness (QED) is 0.696. The van der Waals surface area contributed by atoms with Crippen molar-refractivity contribution in [2.24, 2.45) is 5.73 Å². The minimum absolute atomic E-state index is 0.631. The summed E-state index contributed by atoms with van der Waals surface area (Å²) in [6.07, 6.45) is 3.47. The summed E-state index contributed by atoms with van der Waals surface area (Å²) in [6.45, 7) is 3.36. The first-order chi connectivity index (χ1) is 5.74. The fourth-order valence-corrected chi connectivity index (χ4v) is 0.942. The number of nitrogens with two attached hydrogens (primary N) is 1. The van der Waals surface area contributed by atoms with Crippen molar-refractivity contribution in [3.63, 3.8) is 0 Å². The lowest BCUT2D eigenvalue weighted by atomic mass is 10.5. The predicted molar refractivity (Wildman–Crippen MR) is 49.1 cm³/mol. The minimum atomic E-state index is 0.631. The molecule has 0 bridgehead atoms. The molecular weight excluding hydrogens is 152 g/mol. The van der Waals surface area contributed by atoms with Crippen molar-refractivity contribution in [3.05, 3.63) is 18.1 Å². The summed E-state index contributed by atoms with van der Waals surface area (Å²) >= 11 is 0. The highest BCUT2D eigenvalue weighted by Gasteiger charge is 2.00. The molecule has 0 aromatic carbocycles. The molecule has 0 aliphatic carbocycles. The molecule has 0 saturated carbocycles. The van der Waals surface area contributed by atoms with Crippen molar-refractivity contribution in [2.45, 2.75) is 6.92 Å². The average Bonchev–Trinajstić information content (AvgIpc) is 2.05. The maximum atomic E-state index is 5.41. The van der Waals surface area contributed by atoms with Crippen LogP contribution in [-0.2, 0) is 0 Å². The molecule has 1 aromatic heterocycles. The Balaban J connectivity index is 2.73. The number of hydrogen-bond donors (Lipinski definition) is 1. The minimum Gasteiger partial charge on any atom is -0.357 e. The third-order valence-corrected chi connectivity index (χ3v) is 1.60. The molecule has 0 aliphatic rings. The van der Waals surface area contributed by atoms with Gasteiger partial charge in [0, 0.05) is 26.3 Å². The molecule has 0 saturated heterocycles. The van der Waals surface area contributed by atoms with Gasteiger partial charge in [-0.3, -0.25) is 4.98 Å². The van der Waals surface area contributed by atoms with E-state index in [9.17, 15) is 0 Å². The SMILES string of the molecule is Cc1cncc(N(C)CCN)n1. The van der Waals surface area contributed by atoms with Gasteiger partial charge in [0.05, 0.1) is 11.9 Å². The van der Waals surface area contributed by atoms with Gasteiger partial charge in [0.2, 0.25) is 0 Å². The second kappa shape index (κ2) is 4.01. The highest BCUT2D eigenvalue weighted by Crippen LogP contribution is 2.05. The molecule has 1 aromatic rings. The molecule has 4 nitrogen and oxygen atoms in total. The Hall–Kier alpha value is -1.16. The molecule has 0 unspecified atom stereocenters. The van der Waals surface area contributed by atoms with Crippen LogP contribution in [0.25, 0.3) is 0 Å². The zero-order chi connectivity index (χ0) is 8.97. The Labute approximate surface area is 72.4 Å². The van der Waals surface area contributed by atoms with Crippen molar-refractivity contribution < 1.29 is 0 Å². The maximum Gasteiger partial charge on any atom is 0.147 e. The Morgan fingerprint density at radius 1 is 1.50 bits per heavy atom. The van der Waals surface area contributed by atoms with Crippen LogP contribution < -0.4 is 10.6 Å². The summed E-state index contributed by atoms with van der Waals surface area (Å²) in [5.74, 6) is 0.875. The molecule has 0 fully saturated rings. The molecule has 0 amide bonds. The van der Waals surface area contributed by atoms with Crippen LogP contribution in [0.15, 0.2) is 12.4 Å². The fourth-order valence-electron chi connectivity index (χ4n) is 0.942. The van der Waals surface area contributed by atoms with E-state index in [1.807, 2.05) is 18.9 Å². The van der Waals surface area contributed by atoms with Crippen molar-refractivity contribution in [1.29, 1.82) is 0 Å². The number of likely N-dealkylation sites (N-methyl/N-ethyl adjacent to an activating group) is 1. The van der Waals surface area contributed by atoms with E-state index in [0.717, 1.165) is 18.1 Å². The van der Waals surface area contributed by atoms with Gasteiger partial charge >= 0.3 is 0 Å². The topological polar surface area (TPSA) is 55.0 Å². The van der Waals surface area contributed by atoms with Gasteiger partial charge in [0.15, 0.2) is 0 Å². The van der Waals surface area contributed by atoms with Gasteiger partial charge in [-0.2, -0.15) is 0 Å². The van der Waals surface area contributed by atoms with E-state index in [0.29, 0.717) is 6.54 Å². The summed E-state index contributed by atoms with van der Waals surface area (Å²) in [5, 5.41) is 0. The van der Waals surface area contributed by atoms with Crippen LogP contribution in [0, 0.1) is 6.92 Å². The number of nitrogens with zero attached hydrogens (tertiary/aromatic N) is 3. The number of rotatable bonds is 3. The van der Waals surface area contributed by atoms with E-state index in [2.05, 4.69) is 9.97 Å². The Kier molecular flexibility index (Phi) is 2.99. The van der Waals surface area contributed by atoms with Crippen LogP contribution in [0.4, 0.5) is 5.82 Å². The molecular formula is C8H14N4. The Bertz CT molecular complexity index is 249. The van der Waals surface area contributed by atoms with Crippen LogP contribution in [0.1, 0.15) is 5.69 Å². The van der Waals surface area contributed by atoms with E-state index in [1.54, 1.807) is 12.4 Å². The van der Waals surface area contributed by atoms with E-state index in [1.165, 1.54) is 0 Å². The molecule has 12 heavy (non-hydrogen) atoms. The summed E-state index contributed by atoms with van der Waals surface area (Å²) in [6, 6.07) is 0. The number of aromatic nitrogens is 2. The molecule has 0 aliphatic heterocycles. The Morgan fingerprint density at radius 3 is 2.83 bits per heavy atom. The second-order valence-corrected chi connectivity index (χ2v) is 2.73. The van der Waals surface area contributed by atoms with Gasteiger partial charge in [0.1, 0.15) is 5.82 Å². The third-order valence-electron chi connectivity index (χ3n) is 1.60. The molecule has 2 N–H and O–H groups in total. The van der Waals surface area contributed by atoms with Gasteiger partial charge in [0.25, 0.3) is 0 Å². The second-order valence-electron chi connectivity index (χ2n) is 2.73. The average molecular weight is 166 g/mol. The fraction of sp³-hybridized carbons (Fsp3) is 0.500. The molecule has 1 heterocycles. The molecule has 0 radical (unpaired) electrons. The first-order valence-corrected chi connectivity index (χ1v) is 3.94. The number of aryl methyl sites for hydroxylation is 1. The van der Waals surface area contributed by atoms with E-state index < -0.39 is 0 Å². The van der Waals surface area contributed by atoms with Crippen molar-refractivity contribution in [1.82, 2.24) is 9.97 Å². The first-order valence-electron chi connectivity index (χ1n) is 3.94. The highest BCUT2D eigenvalue weighted by molar-refractivity contribution is 5.34. The van der Waals surface area contributed by atoms with Gasteiger partial charge in [-0.25, -0.2) is 4.98 Å². The van der Waals surface area contributed by atoms with Crippen LogP contribution >= 0.6 is 0 Å². The first kappa shape index (κ1) is 8.93. The standard InChI is InChI=1S/C8H14N4/c1-7-5-10-6-8(11-7)12(2)4-3-9/h5-6H,3-4,9H2,1-2H3. The lowest BCUT2D eigenvalue weighted by molar-refractivity contribution is 0.858. The summed E-state index contributed by atoms with van der Waals surface area (Å²) in [4.78, 5) is 10.3. The molecule has 66 valence electrons. The monoisotopic (exact) mass is 166 g/mol. The van der Waals surface area contributed by atoms with Gasteiger partial charge in [-0.15, -0.1) is 0 Å². The highest BCUT2D eigenvalue weighted by atomic mass is 15.2. The van der Waals surface area contributed by atoms with Crippen molar-refractivity contribution >= 4 is 5.82 Å². The normalized spacial score (nSPS) is 9.92. The molecule has 0 spiro atoms. The molecule has 1 rings (SSSR count).